The average molecular weight is 410 g/mol. The molecular formula is C22H18N8O. The van der Waals surface area contributed by atoms with Crippen LogP contribution >= 0.6 is 0 Å². The van der Waals surface area contributed by atoms with Crippen molar-refractivity contribution in [1.29, 1.82) is 0 Å². The van der Waals surface area contributed by atoms with E-state index >= 15 is 0 Å². The fourth-order valence-electron chi connectivity index (χ4n) is 4.13. The average Bonchev–Trinajstić information content (AvgIpc) is 3.48. The smallest absolute Gasteiger partial charge is 0.274 e. The maximum atomic E-state index is 13.3. The number of H-pyrrole nitrogens is 2. The predicted molar refractivity (Wildman–Crippen MR) is 115 cm³/mol. The third-order valence-electron chi connectivity index (χ3n) is 5.63. The SMILES string of the molecule is O=C(c1cnc2[nH]ccc2n1)N1Cc2ccccc2C(Nc2ncnc3[nH]ccc23)C1. The summed E-state index contributed by atoms with van der Waals surface area (Å²) in [6.07, 6.45) is 6.66. The quantitative estimate of drug-likeness (QED) is 0.421. The summed E-state index contributed by atoms with van der Waals surface area (Å²) in [5.41, 5.74) is 4.69. The van der Waals surface area contributed by atoms with E-state index in [9.17, 15) is 4.79 Å². The number of carbonyl (C=O) groups excluding carboxylic acids is 1. The Labute approximate surface area is 176 Å². The van der Waals surface area contributed by atoms with Crippen LogP contribution in [0.5, 0.6) is 0 Å². The summed E-state index contributed by atoms with van der Waals surface area (Å²) >= 11 is 0. The zero-order valence-corrected chi connectivity index (χ0v) is 16.4. The number of carbonyl (C=O) groups is 1. The third kappa shape index (κ3) is 2.98. The Kier molecular flexibility index (Phi) is 3.92. The molecule has 0 radical (unpaired) electrons. The van der Waals surface area contributed by atoms with Gasteiger partial charge in [-0.2, -0.15) is 0 Å². The number of benzene rings is 1. The van der Waals surface area contributed by atoms with Crippen molar-refractivity contribution in [3.05, 3.63) is 78.1 Å². The Hall–Kier alpha value is -4.27. The van der Waals surface area contributed by atoms with Gasteiger partial charge in [-0.05, 0) is 23.3 Å². The van der Waals surface area contributed by atoms with Crippen molar-refractivity contribution >= 4 is 33.9 Å². The Balaban J connectivity index is 1.35. The highest BCUT2D eigenvalue weighted by atomic mass is 16.2. The molecular weight excluding hydrogens is 392 g/mol. The molecule has 3 N–H and O–H groups in total. The number of amides is 1. The highest BCUT2D eigenvalue weighted by molar-refractivity contribution is 5.94. The minimum atomic E-state index is -0.147. The second-order valence-electron chi connectivity index (χ2n) is 7.51. The van der Waals surface area contributed by atoms with Crippen LogP contribution in [0.25, 0.3) is 22.2 Å². The van der Waals surface area contributed by atoms with E-state index in [4.69, 9.17) is 0 Å². The van der Waals surface area contributed by atoms with Crippen LogP contribution in [0.2, 0.25) is 0 Å². The van der Waals surface area contributed by atoms with Crippen molar-refractivity contribution in [1.82, 2.24) is 34.8 Å². The molecule has 9 heteroatoms. The molecule has 4 aromatic heterocycles. The first-order valence-electron chi connectivity index (χ1n) is 9.98. The lowest BCUT2D eigenvalue weighted by atomic mass is 9.95. The first-order chi connectivity index (χ1) is 15.3. The van der Waals surface area contributed by atoms with Gasteiger partial charge in [0, 0.05) is 25.5 Å². The largest absolute Gasteiger partial charge is 0.361 e. The van der Waals surface area contributed by atoms with Crippen molar-refractivity contribution < 1.29 is 4.79 Å². The van der Waals surface area contributed by atoms with Gasteiger partial charge in [-0.3, -0.25) is 4.79 Å². The van der Waals surface area contributed by atoms with Gasteiger partial charge in [-0.15, -0.1) is 0 Å². The van der Waals surface area contributed by atoms with Crippen molar-refractivity contribution in [3.8, 4) is 0 Å². The monoisotopic (exact) mass is 410 g/mol. The van der Waals surface area contributed by atoms with Gasteiger partial charge in [0.2, 0.25) is 0 Å². The minimum Gasteiger partial charge on any atom is -0.361 e. The molecule has 9 nitrogen and oxygen atoms in total. The van der Waals surface area contributed by atoms with Gasteiger partial charge < -0.3 is 20.2 Å². The second kappa shape index (κ2) is 6.91. The number of fused-ring (bicyclic) bond motifs is 3. The number of nitrogens with zero attached hydrogens (tertiary/aromatic N) is 5. The summed E-state index contributed by atoms with van der Waals surface area (Å²) < 4.78 is 0. The van der Waals surface area contributed by atoms with Gasteiger partial charge >= 0.3 is 0 Å². The van der Waals surface area contributed by atoms with E-state index in [-0.39, 0.29) is 11.9 Å². The standard InChI is InChI=1S/C22H18N8O/c31-22(17-9-25-21-16(28-17)6-8-24-21)30-10-13-3-1-2-4-14(13)18(11-30)29-20-15-5-7-23-19(15)26-12-27-20/h1-9,12,18H,10-11H2,(H,24,25)(H2,23,26,27,29). The molecule has 152 valence electrons. The molecule has 0 fully saturated rings. The van der Waals surface area contributed by atoms with Crippen LogP contribution in [0.4, 0.5) is 5.82 Å². The van der Waals surface area contributed by atoms with Crippen LogP contribution in [-0.2, 0) is 6.54 Å². The summed E-state index contributed by atoms with van der Waals surface area (Å²) in [7, 11) is 0. The van der Waals surface area contributed by atoms with Crippen LogP contribution in [0, 0.1) is 0 Å². The highest BCUT2D eigenvalue weighted by Gasteiger charge is 2.30. The summed E-state index contributed by atoms with van der Waals surface area (Å²) in [6, 6.07) is 11.8. The molecule has 1 aliphatic rings. The van der Waals surface area contributed by atoms with Crippen LogP contribution < -0.4 is 5.32 Å². The molecule has 31 heavy (non-hydrogen) atoms. The zero-order chi connectivity index (χ0) is 20.8. The molecule has 1 unspecified atom stereocenters. The molecule has 0 saturated carbocycles. The van der Waals surface area contributed by atoms with Gasteiger partial charge in [0.1, 0.15) is 29.0 Å². The first-order valence-corrected chi connectivity index (χ1v) is 9.98. The molecule has 0 aliphatic carbocycles. The fraction of sp³-hybridized carbons (Fsp3) is 0.136. The normalized spacial score (nSPS) is 15.9. The predicted octanol–water partition coefficient (Wildman–Crippen LogP) is 3.04. The molecule has 1 aromatic carbocycles. The lowest BCUT2D eigenvalue weighted by Gasteiger charge is -2.35. The molecule has 6 rings (SSSR count). The van der Waals surface area contributed by atoms with Gasteiger partial charge in [0.15, 0.2) is 5.65 Å². The second-order valence-corrected chi connectivity index (χ2v) is 7.51. The molecule has 0 bridgehead atoms. The lowest BCUT2D eigenvalue weighted by molar-refractivity contribution is 0.0716. The number of rotatable bonds is 3. The number of nitrogens with one attached hydrogen (secondary N) is 3. The number of hydrogen-bond acceptors (Lipinski definition) is 6. The number of aromatic amines is 2. The van der Waals surface area contributed by atoms with Gasteiger partial charge in [0.25, 0.3) is 5.91 Å². The van der Waals surface area contributed by atoms with E-state index in [1.807, 2.05) is 30.5 Å². The van der Waals surface area contributed by atoms with E-state index < -0.39 is 0 Å². The molecule has 5 heterocycles. The van der Waals surface area contributed by atoms with Gasteiger partial charge in [-0.1, -0.05) is 24.3 Å². The molecule has 1 atom stereocenters. The minimum absolute atomic E-state index is 0.120. The summed E-state index contributed by atoms with van der Waals surface area (Å²) in [4.78, 5) is 38.7. The van der Waals surface area contributed by atoms with Crippen molar-refractivity contribution in [2.75, 3.05) is 11.9 Å². The summed E-state index contributed by atoms with van der Waals surface area (Å²) in [5, 5.41) is 4.43. The van der Waals surface area contributed by atoms with Gasteiger partial charge in [0.05, 0.1) is 17.6 Å². The van der Waals surface area contributed by atoms with Gasteiger partial charge in [-0.25, -0.2) is 19.9 Å². The molecule has 5 aromatic rings. The van der Waals surface area contributed by atoms with E-state index in [0.29, 0.717) is 29.9 Å². The maximum absolute atomic E-state index is 13.3. The molecule has 1 amide bonds. The Bertz CT molecular complexity index is 1420. The summed E-state index contributed by atoms with van der Waals surface area (Å²) in [6.45, 7) is 1.00. The maximum Gasteiger partial charge on any atom is 0.274 e. The zero-order valence-electron chi connectivity index (χ0n) is 16.4. The highest BCUT2D eigenvalue weighted by Crippen LogP contribution is 2.31. The van der Waals surface area contributed by atoms with Crippen molar-refractivity contribution in [3.63, 3.8) is 0 Å². The molecule has 0 saturated heterocycles. The van der Waals surface area contributed by atoms with Crippen LogP contribution in [0.1, 0.15) is 27.7 Å². The summed E-state index contributed by atoms with van der Waals surface area (Å²) in [5.74, 6) is 0.584. The number of aromatic nitrogens is 6. The Morgan fingerprint density at radius 3 is 2.87 bits per heavy atom. The first kappa shape index (κ1) is 17.6. The van der Waals surface area contributed by atoms with E-state index in [0.717, 1.165) is 28.0 Å². The molecule has 1 aliphatic heterocycles. The topological polar surface area (TPSA) is 115 Å². The number of hydrogen-bond donors (Lipinski definition) is 3. The van der Waals surface area contributed by atoms with Crippen LogP contribution in [0.15, 0.2) is 61.3 Å². The lowest BCUT2D eigenvalue weighted by Crippen LogP contribution is -2.41. The third-order valence-corrected chi connectivity index (χ3v) is 5.63. The van der Waals surface area contributed by atoms with Crippen LogP contribution in [-0.4, -0.2) is 47.3 Å². The Morgan fingerprint density at radius 1 is 1.03 bits per heavy atom. The Morgan fingerprint density at radius 2 is 1.90 bits per heavy atom. The van der Waals surface area contributed by atoms with E-state index in [1.54, 1.807) is 11.1 Å². The van der Waals surface area contributed by atoms with E-state index in [1.165, 1.54) is 12.5 Å². The van der Waals surface area contributed by atoms with Crippen LogP contribution in [0.3, 0.4) is 0 Å². The van der Waals surface area contributed by atoms with E-state index in [2.05, 4.69) is 47.4 Å². The molecule has 0 spiro atoms. The van der Waals surface area contributed by atoms with Crippen molar-refractivity contribution in [2.45, 2.75) is 12.6 Å². The van der Waals surface area contributed by atoms with Crippen molar-refractivity contribution in [2.24, 2.45) is 0 Å². The number of anilines is 1. The fourth-order valence-corrected chi connectivity index (χ4v) is 4.13.